The van der Waals surface area contributed by atoms with Gasteiger partial charge in [0.1, 0.15) is 0 Å². The Balaban J connectivity index is 0.000000233. The molecular weight excluding hydrogens is 398 g/mol. The van der Waals surface area contributed by atoms with Crippen LogP contribution in [0.25, 0.3) is 0 Å². The highest BCUT2D eigenvalue weighted by Crippen LogP contribution is 2.14. The summed E-state index contributed by atoms with van der Waals surface area (Å²) in [5.41, 5.74) is 8.26. The fourth-order valence-corrected chi connectivity index (χ4v) is 3.14. The fourth-order valence-electron chi connectivity index (χ4n) is 3.14. The van der Waals surface area contributed by atoms with Crippen LogP contribution in [0, 0.1) is 5.92 Å². The maximum atomic E-state index is 11.8. The average Bonchev–Trinajstić information content (AvgIpc) is 2.85. The second-order valence-electron chi connectivity index (χ2n) is 7.70. The number of ether oxygens (including phenoxy) is 1. The summed E-state index contributed by atoms with van der Waals surface area (Å²) in [6, 6.07) is 25.4. The van der Waals surface area contributed by atoms with E-state index in [2.05, 4.69) is 13.8 Å². The lowest BCUT2D eigenvalue weighted by Crippen LogP contribution is -2.14. The summed E-state index contributed by atoms with van der Waals surface area (Å²) >= 11 is 0. The Bertz CT molecular complexity index is 896. The molecule has 0 amide bonds. The number of anilines is 1. The van der Waals surface area contributed by atoms with E-state index < -0.39 is 0 Å². The van der Waals surface area contributed by atoms with Gasteiger partial charge in [0.05, 0.1) is 12.2 Å². The summed E-state index contributed by atoms with van der Waals surface area (Å²) in [6.45, 7) is 4.82. The standard InChI is InChI=1S/C15H23NO2.C13H10O/c1-3-5-6-12(4-2)11-18-15(17)13-7-9-14(16)10-8-13;14-13(11-7-3-1-4-8-11)12-9-5-2-6-10-12/h7-10,12H,3-6,11,16H2,1-2H3;1-10H. The number of hydrogen-bond acceptors (Lipinski definition) is 4. The Morgan fingerprint density at radius 1 is 0.781 bits per heavy atom. The first-order valence-electron chi connectivity index (χ1n) is 11.2. The van der Waals surface area contributed by atoms with Crippen molar-refractivity contribution in [2.24, 2.45) is 5.92 Å². The summed E-state index contributed by atoms with van der Waals surface area (Å²) in [7, 11) is 0. The Kier molecular flexibility index (Phi) is 10.7. The Hall–Kier alpha value is -3.40. The Morgan fingerprint density at radius 2 is 1.31 bits per heavy atom. The molecule has 0 aliphatic carbocycles. The van der Waals surface area contributed by atoms with E-state index >= 15 is 0 Å². The van der Waals surface area contributed by atoms with Crippen LogP contribution < -0.4 is 5.73 Å². The highest BCUT2D eigenvalue weighted by molar-refractivity contribution is 6.08. The Morgan fingerprint density at radius 3 is 1.78 bits per heavy atom. The molecule has 0 aromatic heterocycles. The van der Waals surface area contributed by atoms with Gasteiger partial charge in [-0.1, -0.05) is 93.8 Å². The van der Waals surface area contributed by atoms with Gasteiger partial charge in [0.25, 0.3) is 0 Å². The first-order valence-corrected chi connectivity index (χ1v) is 11.2. The van der Waals surface area contributed by atoms with Gasteiger partial charge in [-0.25, -0.2) is 4.79 Å². The highest BCUT2D eigenvalue weighted by Gasteiger charge is 2.11. The number of nitrogens with two attached hydrogens (primary N) is 1. The largest absolute Gasteiger partial charge is 0.462 e. The average molecular weight is 432 g/mol. The van der Waals surface area contributed by atoms with Gasteiger partial charge in [-0.15, -0.1) is 0 Å². The lowest BCUT2D eigenvalue weighted by atomic mass is 10.0. The van der Waals surface area contributed by atoms with Crippen molar-refractivity contribution >= 4 is 17.4 Å². The maximum Gasteiger partial charge on any atom is 0.338 e. The van der Waals surface area contributed by atoms with E-state index in [9.17, 15) is 9.59 Å². The molecule has 4 heteroatoms. The lowest BCUT2D eigenvalue weighted by Gasteiger charge is -2.14. The highest BCUT2D eigenvalue weighted by atomic mass is 16.5. The molecule has 3 rings (SSSR count). The number of ketones is 1. The van der Waals surface area contributed by atoms with E-state index in [1.807, 2.05) is 60.7 Å². The summed E-state index contributed by atoms with van der Waals surface area (Å²) in [6.07, 6.45) is 4.55. The van der Waals surface area contributed by atoms with Crippen LogP contribution in [0.4, 0.5) is 5.69 Å². The van der Waals surface area contributed by atoms with E-state index in [1.165, 1.54) is 12.8 Å². The number of carbonyl (C=O) groups excluding carboxylic acids is 2. The molecule has 168 valence electrons. The minimum Gasteiger partial charge on any atom is -0.462 e. The maximum absolute atomic E-state index is 11.8. The van der Waals surface area contributed by atoms with Crippen LogP contribution in [0.5, 0.6) is 0 Å². The molecule has 0 spiro atoms. The number of hydrogen-bond donors (Lipinski definition) is 1. The van der Waals surface area contributed by atoms with E-state index in [0.717, 1.165) is 24.0 Å². The molecule has 0 fully saturated rings. The predicted molar refractivity (Wildman–Crippen MR) is 131 cm³/mol. The SMILES string of the molecule is CCCCC(CC)COC(=O)c1ccc(N)cc1.O=C(c1ccccc1)c1ccccc1. The van der Waals surface area contributed by atoms with Crippen LogP contribution in [0.3, 0.4) is 0 Å². The summed E-state index contributed by atoms with van der Waals surface area (Å²) in [5, 5.41) is 0. The molecule has 0 bridgehead atoms. The van der Waals surface area contributed by atoms with Crippen molar-refractivity contribution < 1.29 is 14.3 Å². The van der Waals surface area contributed by atoms with Crippen LogP contribution in [0.1, 0.15) is 65.8 Å². The quantitative estimate of drug-likeness (QED) is 0.237. The van der Waals surface area contributed by atoms with Gasteiger partial charge in [-0.3, -0.25) is 4.79 Å². The van der Waals surface area contributed by atoms with Crippen molar-refractivity contribution in [1.82, 2.24) is 0 Å². The second kappa shape index (κ2) is 13.8. The molecular formula is C28H33NO3. The number of carbonyl (C=O) groups is 2. The van der Waals surface area contributed by atoms with Crippen molar-refractivity contribution in [2.75, 3.05) is 12.3 Å². The van der Waals surface area contributed by atoms with Crippen molar-refractivity contribution in [3.8, 4) is 0 Å². The third kappa shape index (κ3) is 8.38. The zero-order chi connectivity index (χ0) is 23.2. The molecule has 0 saturated heterocycles. The summed E-state index contributed by atoms with van der Waals surface area (Å²) in [5.74, 6) is 0.291. The van der Waals surface area contributed by atoms with Crippen molar-refractivity contribution in [3.05, 3.63) is 102 Å². The topological polar surface area (TPSA) is 69.4 Å². The first kappa shape index (κ1) is 24.9. The van der Waals surface area contributed by atoms with Crippen molar-refractivity contribution in [1.29, 1.82) is 0 Å². The molecule has 1 atom stereocenters. The summed E-state index contributed by atoms with van der Waals surface area (Å²) in [4.78, 5) is 23.6. The van der Waals surface area contributed by atoms with Crippen molar-refractivity contribution in [2.45, 2.75) is 39.5 Å². The fraction of sp³-hybridized carbons (Fsp3) is 0.286. The zero-order valence-corrected chi connectivity index (χ0v) is 19.0. The number of rotatable bonds is 9. The molecule has 3 aromatic carbocycles. The monoisotopic (exact) mass is 431 g/mol. The van der Waals surface area contributed by atoms with E-state index in [0.29, 0.717) is 23.8 Å². The van der Waals surface area contributed by atoms with E-state index in [-0.39, 0.29) is 11.8 Å². The van der Waals surface area contributed by atoms with Crippen LogP contribution >= 0.6 is 0 Å². The normalized spacial score (nSPS) is 11.1. The third-order valence-corrected chi connectivity index (χ3v) is 5.21. The second-order valence-corrected chi connectivity index (χ2v) is 7.70. The van der Waals surface area contributed by atoms with E-state index in [4.69, 9.17) is 10.5 Å². The van der Waals surface area contributed by atoms with Crippen LogP contribution in [0.2, 0.25) is 0 Å². The molecule has 0 heterocycles. The Labute approximate surface area is 191 Å². The molecule has 0 aliphatic heterocycles. The van der Waals surface area contributed by atoms with Crippen LogP contribution in [0.15, 0.2) is 84.9 Å². The molecule has 0 saturated carbocycles. The van der Waals surface area contributed by atoms with Gasteiger partial charge >= 0.3 is 5.97 Å². The molecule has 32 heavy (non-hydrogen) atoms. The van der Waals surface area contributed by atoms with Gasteiger partial charge in [-0.2, -0.15) is 0 Å². The van der Waals surface area contributed by atoms with Gasteiger partial charge < -0.3 is 10.5 Å². The minimum absolute atomic E-state index is 0.0752. The zero-order valence-electron chi connectivity index (χ0n) is 19.0. The number of unbranched alkanes of at least 4 members (excludes halogenated alkanes) is 1. The van der Waals surface area contributed by atoms with Gasteiger partial charge in [0, 0.05) is 16.8 Å². The lowest BCUT2D eigenvalue weighted by molar-refractivity contribution is 0.0428. The smallest absolute Gasteiger partial charge is 0.338 e. The van der Waals surface area contributed by atoms with Gasteiger partial charge in [0.15, 0.2) is 5.78 Å². The van der Waals surface area contributed by atoms with Gasteiger partial charge in [-0.05, 0) is 36.6 Å². The molecule has 1 unspecified atom stereocenters. The third-order valence-electron chi connectivity index (χ3n) is 5.21. The number of esters is 1. The molecule has 0 radical (unpaired) electrons. The van der Waals surface area contributed by atoms with Crippen LogP contribution in [-0.4, -0.2) is 18.4 Å². The van der Waals surface area contributed by atoms with Crippen LogP contribution in [-0.2, 0) is 4.74 Å². The minimum atomic E-state index is -0.259. The van der Waals surface area contributed by atoms with Gasteiger partial charge in [0.2, 0.25) is 0 Å². The van der Waals surface area contributed by atoms with E-state index in [1.54, 1.807) is 24.3 Å². The molecule has 4 nitrogen and oxygen atoms in total. The molecule has 3 aromatic rings. The summed E-state index contributed by atoms with van der Waals surface area (Å²) < 4.78 is 5.34. The first-order chi connectivity index (χ1) is 15.5. The molecule has 2 N–H and O–H groups in total. The number of benzene rings is 3. The van der Waals surface area contributed by atoms with Crippen molar-refractivity contribution in [3.63, 3.8) is 0 Å². The molecule has 0 aliphatic rings. The predicted octanol–water partition coefficient (Wildman–Crippen LogP) is 6.56. The number of nitrogen functional groups attached to an aromatic ring is 1.